The molecule has 2 atom stereocenters. The standard InChI is InChI=1S/C33H32N2O4/c1-5-35(22(4)37-6-2)24-16-17-27-31(19-24)38-30-18-21(3)29(34-23-12-8-7-9-13-23)20-28(30)33(27)26-15-11-10-14-25(26)32(36)39-33/h7-20,22,34H,5-6H2,1-4H3. The van der Waals surface area contributed by atoms with Crippen molar-refractivity contribution >= 4 is 23.0 Å². The number of hydrogen-bond acceptors (Lipinski definition) is 6. The Morgan fingerprint density at radius 2 is 1.64 bits per heavy atom. The molecule has 2 aliphatic heterocycles. The third-order valence-electron chi connectivity index (χ3n) is 7.61. The lowest BCUT2D eigenvalue weighted by Crippen LogP contribution is -2.36. The van der Waals surface area contributed by atoms with E-state index in [-0.39, 0.29) is 12.2 Å². The van der Waals surface area contributed by atoms with E-state index in [1.165, 1.54) is 0 Å². The molecular formula is C33H32N2O4. The quantitative estimate of drug-likeness (QED) is 0.201. The molecule has 0 saturated carbocycles. The van der Waals surface area contributed by atoms with Crippen molar-refractivity contribution in [3.8, 4) is 11.5 Å². The van der Waals surface area contributed by atoms with Gasteiger partial charge in [0, 0.05) is 53.0 Å². The van der Waals surface area contributed by atoms with Crippen LogP contribution in [0.4, 0.5) is 17.1 Å². The van der Waals surface area contributed by atoms with Crippen molar-refractivity contribution in [3.63, 3.8) is 0 Å². The molecule has 0 saturated heterocycles. The van der Waals surface area contributed by atoms with Crippen molar-refractivity contribution in [1.82, 2.24) is 0 Å². The van der Waals surface area contributed by atoms with Crippen LogP contribution >= 0.6 is 0 Å². The molecule has 2 aliphatic rings. The smallest absolute Gasteiger partial charge is 0.340 e. The van der Waals surface area contributed by atoms with Gasteiger partial charge in [0.1, 0.15) is 17.7 Å². The fraction of sp³-hybridized carbons (Fsp3) is 0.242. The second-order valence-corrected chi connectivity index (χ2v) is 9.89. The molecule has 2 heterocycles. The largest absolute Gasteiger partial charge is 0.456 e. The molecule has 0 amide bonds. The Kier molecular flexibility index (Phi) is 6.28. The summed E-state index contributed by atoms with van der Waals surface area (Å²) in [5, 5.41) is 3.53. The van der Waals surface area contributed by atoms with Crippen LogP contribution in [0.3, 0.4) is 0 Å². The van der Waals surface area contributed by atoms with Crippen LogP contribution in [0.25, 0.3) is 0 Å². The summed E-state index contributed by atoms with van der Waals surface area (Å²) >= 11 is 0. The highest BCUT2D eigenvalue weighted by atomic mass is 16.6. The molecule has 6 nitrogen and oxygen atoms in total. The van der Waals surface area contributed by atoms with Crippen LogP contribution in [0.15, 0.2) is 84.9 Å². The normalized spacial score (nSPS) is 17.5. The fourth-order valence-corrected chi connectivity index (χ4v) is 5.78. The second kappa shape index (κ2) is 9.79. The van der Waals surface area contributed by atoms with Gasteiger partial charge in [-0.3, -0.25) is 0 Å². The number of aryl methyl sites for hydroxylation is 1. The first kappa shape index (κ1) is 25.0. The number of para-hydroxylation sites is 1. The van der Waals surface area contributed by atoms with Crippen molar-refractivity contribution in [2.45, 2.75) is 39.5 Å². The summed E-state index contributed by atoms with van der Waals surface area (Å²) in [7, 11) is 0. The third-order valence-corrected chi connectivity index (χ3v) is 7.61. The summed E-state index contributed by atoms with van der Waals surface area (Å²) in [4.78, 5) is 15.5. The number of nitrogens with one attached hydrogen (secondary N) is 1. The molecule has 4 aromatic rings. The first-order valence-electron chi connectivity index (χ1n) is 13.5. The van der Waals surface area contributed by atoms with E-state index in [9.17, 15) is 4.79 Å². The minimum Gasteiger partial charge on any atom is -0.456 e. The Morgan fingerprint density at radius 3 is 2.41 bits per heavy atom. The molecular weight excluding hydrogens is 488 g/mol. The average molecular weight is 521 g/mol. The predicted molar refractivity (Wildman–Crippen MR) is 153 cm³/mol. The van der Waals surface area contributed by atoms with Gasteiger partial charge in [-0.2, -0.15) is 0 Å². The van der Waals surface area contributed by atoms with Crippen LogP contribution in [0, 0.1) is 6.92 Å². The lowest BCUT2D eigenvalue weighted by atomic mass is 9.77. The van der Waals surface area contributed by atoms with E-state index in [2.05, 4.69) is 29.3 Å². The summed E-state index contributed by atoms with van der Waals surface area (Å²) < 4.78 is 18.9. The van der Waals surface area contributed by atoms with Gasteiger partial charge in [-0.15, -0.1) is 0 Å². The van der Waals surface area contributed by atoms with Gasteiger partial charge in [0.15, 0.2) is 5.60 Å². The Bertz CT molecular complexity index is 1550. The molecule has 1 spiro atoms. The number of carbonyl (C=O) groups is 1. The summed E-state index contributed by atoms with van der Waals surface area (Å²) in [6.07, 6.45) is -0.0956. The van der Waals surface area contributed by atoms with Crippen LogP contribution in [-0.4, -0.2) is 25.3 Å². The highest BCUT2D eigenvalue weighted by Crippen LogP contribution is 2.57. The van der Waals surface area contributed by atoms with Crippen LogP contribution in [0.5, 0.6) is 11.5 Å². The van der Waals surface area contributed by atoms with E-state index in [0.29, 0.717) is 23.7 Å². The molecule has 0 aromatic heterocycles. The molecule has 0 aliphatic carbocycles. The molecule has 0 bridgehead atoms. The molecule has 0 fully saturated rings. The number of benzene rings is 4. The fourth-order valence-electron chi connectivity index (χ4n) is 5.78. The second-order valence-electron chi connectivity index (χ2n) is 9.89. The summed E-state index contributed by atoms with van der Waals surface area (Å²) in [5.41, 5.74) is 5.74. The Hall–Kier alpha value is -4.29. The zero-order valence-electron chi connectivity index (χ0n) is 22.7. The van der Waals surface area contributed by atoms with E-state index in [0.717, 1.165) is 45.9 Å². The Labute approximate surface area is 229 Å². The number of rotatable bonds is 7. The molecule has 39 heavy (non-hydrogen) atoms. The summed E-state index contributed by atoms with van der Waals surface area (Å²) in [6, 6.07) is 27.8. The van der Waals surface area contributed by atoms with Gasteiger partial charge in [-0.05, 0) is 75.7 Å². The van der Waals surface area contributed by atoms with Gasteiger partial charge >= 0.3 is 5.97 Å². The van der Waals surface area contributed by atoms with Crippen molar-refractivity contribution in [2.24, 2.45) is 0 Å². The van der Waals surface area contributed by atoms with Crippen LogP contribution in [-0.2, 0) is 15.1 Å². The lowest BCUT2D eigenvalue weighted by molar-refractivity contribution is 0.0224. The minimum absolute atomic E-state index is 0.0956. The van der Waals surface area contributed by atoms with Crippen molar-refractivity contribution in [3.05, 3.63) is 113 Å². The summed E-state index contributed by atoms with van der Waals surface area (Å²) in [5.74, 6) is 0.989. The van der Waals surface area contributed by atoms with Crippen molar-refractivity contribution in [2.75, 3.05) is 23.4 Å². The zero-order chi connectivity index (χ0) is 27.1. The van der Waals surface area contributed by atoms with Crippen molar-refractivity contribution in [1.29, 1.82) is 0 Å². The SMILES string of the molecule is CCOC(C)N(CC)c1ccc2c(c1)Oc1cc(C)c(Nc3ccccc3)cc1C21OC(=O)c2ccccc21. The maximum Gasteiger partial charge on any atom is 0.340 e. The van der Waals surface area contributed by atoms with E-state index < -0.39 is 5.60 Å². The number of fused-ring (bicyclic) bond motifs is 6. The van der Waals surface area contributed by atoms with Crippen LogP contribution in [0.1, 0.15) is 53.4 Å². The van der Waals surface area contributed by atoms with Crippen LogP contribution in [0.2, 0.25) is 0 Å². The Morgan fingerprint density at radius 1 is 0.897 bits per heavy atom. The molecule has 6 heteroatoms. The highest BCUT2D eigenvalue weighted by molar-refractivity contribution is 5.97. The van der Waals surface area contributed by atoms with E-state index in [4.69, 9.17) is 14.2 Å². The lowest BCUT2D eigenvalue weighted by Gasteiger charge is -2.38. The number of anilines is 3. The summed E-state index contributed by atoms with van der Waals surface area (Å²) in [6.45, 7) is 9.59. The van der Waals surface area contributed by atoms with Gasteiger partial charge in [0.05, 0.1) is 5.56 Å². The number of hydrogen-bond donors (Lipinski definition) is 1. The molecule has 4 aromatic carbocycles. The topological polar surface area (TPSA) is 60.0 Å². The number of nitrogens with zero attached hydrogens (tertiary/aromatic N) is 1. The van der Waals surface area contributed by atoms with Crippen molar-refractivity contribution < 1.29 is 19.0 Å². The number of esters is 1. The van der Waals surface area contributed by atoms with E-state index in [1.54, 1.807) is 0 Å². The number of carbonyl (C=O) groups excluding carboxylic acids is 1. The highest BCUT2D eigenvalue weighted by Gasteiger charge is 2.53. The molecule has 198 valence electrons. The maximum atomic E-state index is 13.3. The molecule has 1 N–H and O–H groups in total. The van der Waals surface area contributed by atoms with Gasteiger partial charge in [0.2, 0.25) is 0 Å². The van der Waals surface area contributed by atoms with Gasteiger partial charge < -0.3 is 24.4 Å². The maximum absolute atomic E-state index is 13.3. The monoisotopic (exact) mass is 520 g/mol. The first-order chi connectivity index (χ1) is 19.0. The van der Waals surface area contributed by atoms with Crippen LogP contribution < -0.4 is 15.0 Å². The first-order valence-corrected chi connectivity index (χ1v) is 13.5. The molecule has 6 rings (SSSR count). The predicted octanol–water partition coefficient (Wildman–Crippen LogP) is 7.52. The minimum atomic E-state index is -1.13. The molecule has 0 radical (unpaired) electrons. The van der Waals surface area contributed by atoms with E-state index in [1.807, 2.05) is 93.6 Å². The van der Waals surface area contributed by atoms with E-state index >= 15 is 0 Å². The zero-order valence-corrected chi connectivity index (χ0v) is 22.7. The third kappa shape index (κ3) is 4.03. The van der Waals surface area contributed by atoms with Gasteiger partial charge in [-0.1, -0.05) is 36.4 Å². The Balaban J connectivity index is 1.54. The van der Waals surface area contributed by atoms with Gasteiger partial charge in [0.25, 0.3) is 0 Å². The van der Waals surface area contributed by atoms with Gasteiger partial charge in [-0.25, -0.2) is 4.79 Å². The number of ether oxygens (including phenoxy) is 3. The average Bonchev–Trinajstić information content (AvgIpc) is 3.23. The molecule has 2 unspecified atom stereocenters.